The molecule has 0 radical (unpaired) electrons. The van der Waals surface area contributed by atoms with Crippen LogP contribution in [0.5, 0.6) is 11.6 Å². The Hall–Kier alpha value is -1.71. The van der Waals surface area contributed by atoms with Gasteiger partial charge in [-0.15, -0.1) is 13.2 Å². The van der Waals surface area contributed by atoms with Gasteiger partial charge in [0, 0.05) is 6.07 Å². The number of aliphatic hydroxyl groups excluding tert-OH is 1. The third kappa shape index (κ3) is 3.88. The maximum Gasteiger partial charge on any atom is 0.574 e. The summed E-state index contributed by atoms with van der Waals surface area (Å²) in [6, 6.07) is 0.508. The number of aliphatic hydroxyl groups is 1. The first kappa shape index (κ1) is 15.3. The summed E-state index contributed by atoms with van der Waals surface area (Å²) in [5.74, 6) is -1.93. The Morgan fingerprint density at radius 3 is 2.16 bits per heavy atom. The van der Waals surface area contributed by atoms with Crippen molar-refractivity contribution in [2.45, 2.75) is 19.1 Å². The molecular weight excluding hydrogens is 284 g/mol. The molecule has 19 heavy (non-hydrogen) atoms. The molecule has 0 aliphatic carbocycles. The molecule has 1 N–H and O–H groups in total. The molecule has 4 nitrogen and oxygen atoms in total. The minimum absolute atomic E-state index is 0.508. The van der Waals surface area contributed by atoms with Gasteiger partial charge in [0.2, 0.25) is 5.88 Å². The number of rotatable bonds is 3. The molecule has 1 rings (SSSR count). The summed E-state index contributed by atoms with van der Waals surface area (Å²) in [5.41, 5.74) is -2.47. The van der Waals surface area contributed by atoms with E-state index in [1.807, 2.05) is 0 Å². The predicted molar refractivity (Wildman–Crippen MR) is 48.4 cm³/mol. The van der Waals surface area contributed by atoms with E-state index in [1.54, 1.807) is 0 Å². The number of pyridine rings is 1. The normalized spacial score (nSPS) is 12.4. The molecule has 108 valence electrons. The van der Waals surface area contributed by atoms with Crippen molar-refractivity contribution in [2.24, 2.45) is 0 Å². The zero-order valence-corrected chi connectivity index (χ0v) is 9.26. The van der Waals surface area contributed by atoms with Crippen molar-refractivity contribution in [2.75, 3.05) is 7.11 Å². The second-order valence-corrected chi connectivity index (χ2v) is 3.19. The average Bonchev–Trinajstić information content (AvgIpc) is 2.24. The summed E-state index contributed by atoms with van der Waals surface area (Å²) in [4.78, 5) is 2.70. The molecule has 0 spiro atoms. The maximum absolute atomic E-state index is 12.6. The highest BCUT2D eigenvalue weighted by Gasteiger charge is 2.39. The quantitative estimate of drug-likeness (QED) is 0.869. The van der Waals surface area contributed by atoms with E-state index >= 15 is 0 Å². The van der Waals surface area contributed by atoms with E-state index in [0.717, 1.165) is 7.11 Å². The molecule has 0 amide bonds. The van der Waals surface area contributed by atoms with Gasteiger partial charge in [-0.3, -0.25) is 0 Å². The molecule has 1 aromatic rings. The van der Waals surface area contributed by atoms with Gasteiger partial charge in [0.15, 0.2) is 5.69 Å². The molecule has 0 unspecified atom stereocenters. The molecule has 0 atom stereocenters. The van der Waals surface area contributed by atoms with Gasteiger partial charge in [-0.2, -0.15) is 13.2 Å². The molecule has 0 aliphatic rings. The van der Waals surface area contributed by atoms with Gasteiger partial charge in [0.05, 0.1) is 19.3 Å². The Balaban J connectivity index is 3.39. The fourth-order valence-corrected chi connectivity index (χ4v) is 1.27. The third-order valence-corrected chi connectivity index (χ3v) is 1.93. The van der Waals surface area contributed by atoms with Gasteiger partial charge < -0.3 is 14.6 Å². The molecular formula is C9H7F6NO3. The summed E-state index contributed by atoms with van der Waals surface area (Å²) in [6.07, 6.45) is -10.3. The molecule has 1 aromatic heterocycles. The topological polar surface area (TPSA) is 51.6 Å². The lowest BCUT2D eigenvalue weighted by molar-refractivity contribution is -0.276. The van der Waals surface area contributed by atoms with Crippen molar-refractivity contribution in [3.63, 3.8) is 0 Å². The number of ether oxygens (including phenoxy) is 2. The van der Waals surface area contributed by atoms with Gasteiger partial charge >= 0.3 is 12.5 Å². The number of halogens is 6. The first-order valence-electron chi connectivity index (χ1n) is 4.60. The van der Waals surface area contributed by atoms with Crippen molar-refractivity contribution in [1.82, 2.24) is 4.98 Å². The second-order valence-electron chi connectivity index (χ2n) is 3.19. The van der Waals surface area contributed by atoms with Crippen molar-refractivity contribution in [3.8, 4) is 11.6 Å². The van der Waals surface area contributed by atoms with Crippen LogP contribution in [0.1, 0.15) is 11.3 Å². The Kier molecular flexibility index (Phi) is 4.13. The van der Waals surface area contributed by atoms with Crippen LogP contribution in [-0.4, -0.2) is 23.6 Å². The third-order valence-electron chi connectivity index (χ3n) is 1.93. The van der Waals surface area contributed by atoms with Gasteiger partial charge in [-0.1, -0.05) is 0 Å². The van der Waals surface area contributed by atoms with E-state index < -0.39 is 42.0 Å². The van der Waals surface area contributed by atoms with Crippen LogP contribution in [0.15, 0.2) is 6.07 Å². The van der Waals surface area contributed by atoms with Gasteiger partial charge in [0.25, 0.3) is 0 Å². The van der Waals surface area contributed by atoms with Gasteiger partial charge in [-0.05, 0) is 0 Å². The number of methoxy groups -OCH3 is 1. The van der Waals surface area contributed by atoms with Crippen LogP contribution in [-0.2, 0) is 12.8 Å². The van der Waals surface area contributed by atoms with E-state index in [4.69, 9.17) is 5.11 Å². The zero-order valence-electron chi connectivity index (χ0n) is 9.26. The van der Waals surface area contributed by atoms with E-state index in [2.05, 4.69) is 14.5 Å². The smallest absolute Gasteiger partial charge is 0.496 e. The lowest BCUT2D eigenvalue weighted by Crippen LogP contribution is -2.20. The Labute approximate surface area is 102 Å². The molecule has 0 aromatic carbocycles. The first-order valence-corrected chi connectivity index (χ1v) is 4.60. The largest absolute Gasteiger partial charge is 0.574 e. The van der Waals surface area contributed by atoms with Gasteiger partial charge in [-0.25, -0.2) is 4.98 Å². The molecule has 0 bridgehead atoms. The average molecular weight is 291 g/mol. The fraction of sp³-hybridized carbons (Fsp3) is 0.444. The minimum atomic E-state index is -5.19. The van der Waals surface area contributed by atoms with Gasteiger partial charge in [0.1, 0.15) is 5.75 Å². The minimum Gasteiger partial charge on any atom is -0.496 e. The van der Waals surface area contributed by atoms with Crippen molar-refractivity contribution in [3.05, 3.63) is 17.3 Å². The van der Waals surface area contributed by atoms with Crippen molar-refractivity contribution < 1.29 is 40.9 Å². The molecule has 0 fully saturated rings. The number of hydrogen-bond acceptors (Lipinski definition) is 4. The standard InChI is InChI=1S/C9H7F6NO3/c1-18-5-2-6(19-9(13,14)15)16-7(4(5)3-17)8(10,11)12/h2,17H,3H2,1H3. The summed E-state index contributed by atoms with van der Waals surface area (Å²) in [7, 11) is 0.937. The zero-order chi connectivity index (χ0) is 14.8. The van der Waals surface area contributed by atoms with Crippen molar-refractivity contribution >= 4 is 0 Å². The fourth-order valence-electron chi connectivity index (χ4n) is 1.27. The monoisotopic (exact) mass is 291 g/mol. The van der Waals surface area contributed by atoms with E-state index in [1.165, 1.54) is 0 Å². The summed E-state index contributed by atoms with van der Waals surface area (Å²) >= 11 is 0. The van der Waals surface area contributed by atoms with E-state index in [-0.39, 0.29) is 0 Å². The number of aromatic nitrogens is 1. The number of hydrogen-bond donors (Lipinski definition) is 1. The van der Waals surface area contributed by atoms with Crippen LogP contribution in [0.25, 0.3) is 0 Å². The highest BCUT2D eigenvalue weighted by atomic mass is 19.4. The SMILES string of the molecule is COc1cc(OC(F)(F)F)nc(C(F)(F)F)c1CO. The van der Waals surface area contributed by atoms with Crippen LogP contribution < -0.4 is 9.47 Å². The van der Waals surface area contributed by atoms with E-state index in [0.29, 0.717) is 6.07 Å². The Morgan fingerprint density at radius 2 is 1.79 bits per heavy atom. The van der Waals surface area contributed by atoms with Crippen LogP contribution >= 0.6 is 0 Å². The summed E-state index contributed by atoms with van der Waals surface area (Å²) in [6.45, 7) is -1.10. The maximum atomic E-state index is 12.6. The second kappa shape index (κ2) is 5.11. The Bertz CT molecular complexity index is 456. The molecule has 0 aliphatic heterocycles. The molecule has 1 heterocycles. The lowest BCUT2D eigenvalue weighted by Gasteiger charge is -2.16. The predicted octanol–water partition coefficient (Wildman–Crippen LogP) is 2.50. The first-order chi connectivity index (χ1) is 8.58. The van der Waals surface area contributed by atoms with Crippen LogP contribution in [0.2, 0.25) is 0 Å². The summed E-state index contributed by atoms with van der Waals surface area (Å²) in [5, 5.41) is 8.83. The number of alkyl halides is 6. The highest BCUT2D eigenvalue weighted by Crippen LogP contribution is 2.37. The van der Waals surface area contributed by atoms with Crippen LogP contribution in [0.4, 0.5) is 26.3 Å². The number of nitrogens with zero attached hydrogens (tertiary/aromatic N) is 1. The molecule has 10 heteroatoms. The lowest BCUT2D eigenvalue weighted by atomic mass is 10.1. The molecule has 0 saturated carbocycles. The van der Waals surface area contributed by atoms with Crippen LogP contribution in [0, 0.1) is 0 Å². The van der Waals surface area contributed by atoms with E-state index in [9.17, 15) is 26.3 Å². The Morgan fingerprint density at radius 1 is 1.21 bits per heavy atom. The molecule has 0 saturated heterocycles. The van der Waals surface area contributed by atoms with Crippen molar-refractivity contribution in [1.29, 1.82) is 0 Å². The highest BCUT2D eigenvalue weighted by molar-refractivity contribution is 5.41. The van der Waals surface area contributed by atoms with Crippen LogP contribution in [0.3, 0.4) is 0 Å². The summed E-state index contributed by atoms with van der Waals surface area (Å²) < 4.78 is 81.4.